The third-order valence-corrected chi connectivity index (χ3v) is 6.56. The number of fused-ring (bicyclic) bond motifs is 1. The minimum atomic E-state index is -3.88. The maximum Gasteiger partial charge on any atom is 0.280 e. The van der Waals surface area contributed by atoms with Crippen molar-refractivity contribution < 1.29 is 27.5 Å². The monoisotopic (exact) mass is 431 g/mol. The van der Waals surface area contributed by atoms with Gasteiger partial charge in [-0.2, -0.15) is 0 Å². The summed E-state index contributed by atoms with van der Waals surface area (Å²) in [6.45, 7) is 0.715. The molecule has 4 rings (SSSR count). The van der Waals surface area contributed by atoms with Gasteiger partial charge in [-0.3, -0.25) is 19.5 Å². The quantitative estimate of drug-likeness (QED) is 0.658. The van der Waals surface area contributed by atoms with E-state index in [1.807, 2.05) is 0 Å². The summed E-state index contributed by atoms with van der Waals surface area (Å²) in [5, 5.41) is 0. The second kappa shape index (κ2) is 8.13. The summed E-state index contributed by atoms with van der Waals surface area (Å²) in [6, 6.07) is 7.67. The number of nitrogens with one attached hydrogen (secondary N) is 1. The van der Waals surface area contributed by atoms with Crippen LogP contribution in [0.3, 0.4) is 0 Å². The third kappa shape index (κ3) is 3.81. The Hall–Kier alpha value is -2.82. The smallest absolute Gasteiger partial charge is 0.280 e. The molecule has 1 unspecified atom stereocenters. The van der Waals surface area contributed by atoms with Gasteiger partial charge in [0, 0.05) is 19.3 Å². The van der Waals surface area contributed by atoms with Gasteiger partial charge in [-0.15, -0.1) is 0 Å². The lowest BCUT2D eigenvalue weighted by Gasteiger charge is -2.17. The number of carbonyl (C=O) groups excluding carboxylic acids is 2. The van der Waals surface area contributed by atoms with Gasteiger partial charge in [0.2, 0.25) is 10.0 Å². The Kier molecular flexibility index (Phi) is 5.54. The number of benzene rings is 1. The molecular formula is C20H21N3O6S. The number of carbonyl (C=O) groups is 2. The lowest BCUT2D eigenvalue weighted by molar-refractivity contribution is 0.0640. The van der Waals surface area contributed by atoms with Gasteiger partial charge >= 0.3 is 0 Å². The van der Waals surface area contributed by atoms with E-state index in [9.17, 15) is 18.0 Å². The Labute approximate surface area is 174 Å². The molecule has 2 aliphatic heterocycles. The summed E-state index contributed by atoms with van der Waals surface area (Å²) >= 11 is 0. The fourth-order valence-corrected chi connectivity index (χ4v) is 4.84. The number of rotatable bonds is 7. The first-order chi connectivity index (χ1) is 14.4. The van der Waals surface area contributed by atoms with Crippen LogP contribution in [0.25, 0.3) is 0 Å². The van der Waals surface area contributed by atoms with Crippen molar-refractivity contribution in [2.75, 3.05) is 20.3 Å². The Morgan fingerprint density at radius 1 is 1.27 bits per heavy atom. The molecule has 0 bridgehead atoms. The van der Waals surface area contributed by atoms with Gasteiger partial charge in [0.25, 0.3) is 11.8 Å². The van der Waals surface area contributed by atoms with Gasteiger partial charge in [0.1, 0.15) is 16.3 Å². The number of hydrogen-bond donors (Lipinski definition) is 1. The van der Waals surface area contributed by atoms with Crippen LogP contribution in [0.15, 0.2) is 41.4 Å². The summed E-state index contributed by atoms with van der Waals surface area (Å²) in [5.74, 6) is -0.796. The van der Waals surface area contributed by atoms with Crippen molar-refractivity contribution in [2.24, 2.45) is 0 Å². The van der Waals surface area contributed by atoms with E-state index in [0.29, 0.717) is 12.2 Å². The van der Waals surface area contributed by atoms with Crippen LogP contribution < -0.4 is 9.46 Å². The van der Waals surface area contributed by atoms with Gasteiger partial charge < -0.3 is 9.47 Å². The highest BCUT2D eigenvalue weighted by Crippen LogP contribution is 2.28. The SMILES string of the molecule is COc1ccc(CN2C(=O)c3cccnc3C2=O)cc1S(=O)(=O)NCC1CCCO1. The number of hydrogen-bond acceptors (Lipinski definition) is 7. The van der Waals surface area contributed by atoms with Crippen molar-refractivity contribution in [2.45, 2.75) is 30.4 Å². The second-order valence-electron chi connectivity index (χ2n) is 7.07. The van der Waals surface area contributed by atoms with Gasteiger partial charge in [0.15, 0.2) is 0 Å². The van der Waals surface area contributed by atoms with Crippen molar-refractivity contribution in [3.63, 3.8) is 0 Å². The summed E-state index contributed by atoms with van der Waals surface area (Å²) in [6.07, 6.45) is 3.00. The van der Waals surface area contributed by atoms with Crippen LogP contribution in [-0.4, -0.2) is 56.5 Å². The molecule has 9 nitrogen and oxygen atoms in total. The lowest BCUT2D eigenvalue weighted by atomic mass is 10.2. The molecule has 30 heavy (non-hydrogen) atoms. The number of pyridine rings is 1. The average molecular weight is 431 g/mol. The molecular weight excluding hydrogens is 410 g/mol. The van der Waals surface area contributed by atoms with Crippen molar-refractivity contribution in [1.82, 2.24) is 14.6 Å². The number of sulfonamides is 1. The molecule has 1 N–H and O–H groups in total. The maximum atomic E-state index is 12.9. The number of ether oxygens (including phenoxy) is 2. The Morgan fingerprint density at radius 2 is 2.10 bits per heavy atom. The molecule has 2 aliphatic rings. The molecule has 0 saturated carbocycles. The van der Waals surface area contributed by atoms with Crippen molar-refractivity contribution in [3.8, 4) is 5.75 Å². The molecule has 2 amide bonds. The number of methoxy groups -OCH3 is 1. The van der Waals surface area contributed by atoms with Crippen LogP contribution in [0.5, 0.6) is 5.75 Å². The summed E-state index contributed by atoms with van der Waals surface area (Å²) in [4.78, 5) is 30.1. The van der Waals surface area contributed by atoms with Gasteiger partial charge in [-0.25, -0.2) is 13.1 Å². The van der Waals surface area contributed by atoms with E-state index in [1.54, 1.807) is 18.2 Å². The third-order valence-electron chi connectivity index (χ3n) is 5.11. The van der Waals surface area contributed by atoms with E-state index in [4.69, 9.17) is 9.47 Å². The summed E-state index contributed by atoms with van der Waals surface area (Å²) in [7, 11) is -2.50. The zero-order valence-corrected chi connectivity index (χ0v) is 17.1. The first kappa shape index (κ1) is 20.5. The molecule has 1 atom stereocenters. The van der Waals surface area contributed by atoms with E-state index in [1.165, 1.54) is 25.4 Å². The lowest BCUT2D eigenvalue weighted by Crippen LogP contribution is -2.32. The van der Waals surface area contributed by atoms with Crippen LogP contribution in [0.1, 0.15) is 39.3 Å². The van der Waals surface area contributed by atoms with E-state index < -0.39 is 21.8 Å². The highest BCUT2D eigenvalue weighted by Gasteiger charge is 2.36. The van der Waals surface area contributed by atoms with Crippen LogP contribution in [0, 0.1) is 0 Å². The van der Waals surface area contributed by atoms with Crippen molar-refractivity contribution in [3.05, 3.63) is 53.3 Å². The van der Waals surface area contributed by atoms with Gasteiger partial charge in [-0.05, 0) is 42.7 Å². The Bertz CT molecular complexity index is 1060. The minimum Gasteiger partial charge on any atom is -0.495 e. The maximum absolute atomic E-state index is 12.9. The van der Waals surface area contributed by atoms with E-state index in [-0.39, 0.29) is 41.1 Å². The molecule has 0 aliphatic carbocycles. The minimum absolute atomic E-state index is 0.0600. The second-order valence-corrected chi connectivity index (χ2v) is 8.80. The fourth-order valence-electron chi connectivity index (χ4n) is 3.56. The van der Waals surface area contributed by atoms with Gasteiger partial charge in [0.05, 0.1) is 25.3 Å². The van der Waals surface area contributed by atoms with Crippen molar-refractivity contribution in [1.29, 1.82) is 0 Å². The van der Waals surface area contributed by atoms with Crippen LogP contribution in [-0.2, 0) is 21.3 Å². The number of amides is 2. The fraction of sp³-hybridized carbons (Fsp3) is 0.350. The average Bonchev–Trinajstić information content (AvgIpc) is 3.36. The van der Waals surface area contributed by atoms with Crippen molar-refractivity contribution >= 4 is 21.8 Å². The molecule has 1 aromatic heterocycles. The highest BCUT2D eigenvalue weighted by molar-refractivity contribution is 7.89. The van der Waals surface area contributed by atoms with E-state index in [0.717, 1.165) is 17.7 Å². The molecule has 3 heterocycles. The molecule has 1 saturated heterocycles. The van der Waals surface area contributed by atoms with Gasteiger partial charge in [-0.1, -0.05) is 6.07 Å². The first-order valence-corrected chi connectivity index (χ1v) is 11.0. The molecule has 1 aromatic carbocycles. The van der Waals surface area contributed by atoms with E-state index in [2.05, 4.69) is 9.71 Å². The zero-order valence-electron chi connectivity index (χ0n) is 16.3. The topological polar surface area (TPSA) is 115 Å². The standard InChI is InChI=1S/C20H21N3O6S/c1-28-16-7-6-13(10-17(16)30(26,27)22-11-14-4-3-9-29-14)12-23-19(24)15-5-2-8-21-18(15)20(23)25/h2,5-8,10,14,22H,3-4,9,11-12H2,1H3. The summed E-state index contributed by atoms with van der Waals surface area (Å²) in [5.41, 5.74) is 0.812. The first-order valence-electron chi connectivity index (χ1n) is 9.50. The van der Waals surface area contributed by atoms with Crippen LogP contribution in [0.2, 0.25) is 0 Å². The number of imide groups is 1. The van der Waals surface area contributed by atoms with E-state index >= 15 is 0 Å². The predicted octanol–water partition coefficient (Wildman–Crippen LogP) is 1.34. The molecule has 0 spiro atoms. The number of aromatic nitrogens is 1. The zero-order chi connectivity index (χ0) is 21.3. The van der Waals surface area contributed by atoms with Crippen LogP contribution in [0.4, 0.5) is 0 Å². The molecule has 1 fully saturated rings. The molecule has 10 heteroatoms. The summed E-state index contributed by atoms with van der Waals surface area (Å²) < 4.78 is 39.0. The molecule has 158 valence electrons. The Morgan fingerprint density at radius 3 is 2.80 bits per heavy atom. The normalized spacial score (nSPS) is 18.7. The molecule has 0 radical (unpaired) electrons. The predicted molar refractivity (Wildman–Crippen MR) is 106 cm³/mol. The Balaban J connectivity index is 1.57. The molecule has 2 aromatic rings. The largest absolute Gasteiger partial charge is 0.495 e. The number of nitrogens with zero attached hydrogens (tertiary/aromatic N) is 2. The van der Waals surface area contributed by atoms with Crippen LogP contribution >= 0.6 is 0 Å². The highest BCUT2D eigenvalue weighted by atomic mass is 32.2.